The molecule has 1 N–H and O–H groups in total. The second kappa shape index (κ2) is 6.41. The second-order valence-electron chi connectivity index (χ2n) is 6.18. The summed E-state index contributed by atoms with van der Waals surface area (Å²) >= 11 is 0. The lowest BCUT2D eigenvalue weighted by molar-refractivity contribution is 0.0514. The fraction of sp³-hybridized carbons (Fsp3) is 0.688. The highest BCUT2D eigenvalue weighted by molar-refractivity contribution is 5.92. The second-order valence-corrected chi connectivity index (χ2v) is 6.18. The number of aromatic nitrogens is 2. The van der Waals surface area contributed by atoms with Crippen molar-refractivity contribution in [3.63, 3.8) is 0 Å². The van der Waals surface area contributed by atoms with Gasteiger partial charge in [-0.2, -0.15) is 0 Å². The molecule has 2 unspecified atom stereocenters. The summed E-state index contributed by atoms with van der Waals surface area (Å²) in [6.07, 6.45) is 6.47. The predicted molar refractivity (Wildman–Crippen MR) is 82.2 cm³/mol. The summed E-state index contributed by atoms with van der Waals surface area (Å²) in [5, 5.41) is 11.2. The van der Waals surface area contributed by atoms with Crippen molar-refractivity contribution in [1.82, 2.24) is 15.1 Å². The van der Waals surface area contributed by atoms with Gasteiger partial charge in [-0.15, -0.1) is 10.2 Å². The smallest absolute Gasteiger partial charge is 0.274 e. The summed E-state index contributed by atoms with van der Waals surface area (Å²) in [7, 11) is 0. The number of amides is 1. The van der Waals surface area contributed by atoms with Crippen LogP contribution in [0.5, 0.6) is 0 Å². The Morgan fingerprint density at radius 2 is 2.05 bits per heavy atom. The maximum atomic E-state index is 12.5. The molecule has 5 heteroatoms. The van der Waals surface area contributed by atoms with Gasteiger partial charge < -0.3 is 10.2 Å². The van der Waals surface area contributed by atoms with Crippen LogP contribution in [0.3, 0.4) is 0 Å². The van der Waals surface area contributed by atoms with E-state index >= 15 is 0 Å². The van der Waals surface area contributed by atoms with Crippen LogP contribution in [0, 0.1) is 11.8 Å². The first-order chi connectivity index (χ1) is 10.3. The molecule has 1 aliphatic heterocycles. The summed E-state index contributed by atoms with van der Waals surface area (Å²) in [5.41, 5.74) is 0.464. The van der Waals surface area contributed by atoms with E-state index in [9.17, 15) is 4.79 Å². The number of piperidine rings is 1. The highest BCUT2D eigenvalue weighted by atomic mass is 16.2. The van der Waals surface area contributed by atoms with E-state index < -0.39 is 0 Å². The maximum absolute atomic E-state index is 12.5. The van der Waals surface area contributed by atoms with Gasteiger partial charge in [0.15, 0.2) is 5.69 Å². The lowest BCUT2D eigenvalue weighted by atomic mass is 9.75. The Labute approximate surface area is 126 Å². The van der Waals surface area contributed by atoms with Crippen molar-refractivity contribution < 1.29 is 4.79 Å². The number of likely N-dealkylation sites (tertiary alicyclic amines) is 1. The largest absolute Gasteiger partial charge is 0.369 e. The Morgan fingerprint density at radius 1 is 1.24 bits per heavy atom. The van der Waals surface area contributed by atoms with Crippen molar-refractivity contribution in [3.05, 3.63) is 17.8 Å². The number of hydrogen-bond acceptors (Lipinski definition) is 4. The zero-order valence-electron chi connectivity index (χ0n) is 12.7. The lowest BCUT2D eigenvalue weighted by Gasteiger charge is -2.41. The number of nitrogens with zero attached hydrogens (tertiary/aromatic N) is 3. The molecule has 2 heterocycles. The fourth-order valence-electron chi connectivity index (χ4n) is 3.67. The van der Waals surface area contributed by atoms with E-state index in [2.05, 4.69) is 15.5 Å². The minimum atomic E-state index is 0.0366. The molecule has 0 bridgehead atoms. The van der Waals surface area contributed by atoms with Crippen LogP contribution in [0.2, 0.25) is 0 Å². The molecule has 1 amide bonds. The zero-order valence-corrected chi connectivity index (χ0v) is 12.7. The third kappa shape index (κ3) is 3.17. The third-order valence-corrected chi connectivity index (χ3v) is 4.82. The van der Waals surface area contributed by atoms with E-state index in [1.807, 2.05) is 17.9 Å². The molecule has 2 atom stereocenters. The Hall–Kier alpha value is -1.65. The summed E-state index contributed by atoms with van der Waals surface area (Å²) in [6, 6.07) is 3.61. The van der Waals surface area contributed by atoms with E-state index in [-0.39, 0.29) is 5.91 Å². The van der Waals surface area contributed by atoms with Gasteiger partial charge in [-0.1, -0.05) is 19.3 Å². The monoisotopic (exact) mass is 288 g/mol. The van der Waals surface area contributed by atoms with Gasteiger partial charge in [0.25, 0.3) is 5.91 Å². The molecule has 2 fully saturated rings. The molecule has 1 aromatic heterocycles. The molecule has 21 heavy (non-hydrogen) atoms. The lowest BCUT2D eigenvalue weighted by Crippen LogP contribution is -2.45. The van der Waals surface area contributed by atoms with Crippen molar-refractivity contribution >= 4 is 11.7 Å². The van der Waals surface area contributed by atoms with Gasteiger partial charge in [0.05, 0.1) is 0 Å². The molecule has 2 aliphatic rings. The van der Waals surface area contributed by atoms with Crippen LogP contribution < -0.4 is 5.32 Å². The van der Waals surface area contributed by atoms with Crippen LogP contribution in [-0.2, 0) is 0 Å². The summed E-state index contributed by atoms with van der Waals surface area (Å²) in [6.45, 7) is 4.59. The van der Waals surface area contributed by atoms with Gasteiger partial charge in [0.1, 0.15) is 5.82 Å². The van der Waals surface area contributed by atoms with Crippen LogP contribution >= 0.6 is 0 Å². The van der Waals surface area contributed by atoms with Gasteiger partial charge >= 0.3 is 0 Å². The topological polar surface area (TPSA) is 58.1 Å². The molecule has 0 radical (unpaired) electrons. The van der Waals surface area contributed by atoms with E-state index in [0.717, 1.165) is 37.8 Å². The zero-order chi connectivity index (χ0) is 14.7. The normalized spacial score (nSPS) is 25.3. The number of fused-ring (bicyclic) bond motifs is 1. The van der Waals surface area contributed by atoms with Crippen LogP contribution in [-0.4, -0.2) is 40.6 Å². The first-order valence-electron chi connectivity index (χ1n) is 8.15. The van der Waals surface area contributed by atoms with Crippen molar-refractivity contribution in [1.29, 1.82) is 0 Å². The van der Waals surface area contributed by atoms with Crippen molar-refractivity contribution in [2.24, 2.45) is 11.8 Å². The van der Waals surface area contributed by atoms with Gasteiger partial charge in [0, 0.05) is 19.6 Å². The maximum Gasteiger partial charge on any atom is 0.274 e. The number of hydrogen-bond donors (Lipinski definition) is 1. The van der Waals surface area contributed by atoms with Gasteiger partial charge in [-0.3, -0.25) is 4.79 Å². The molecular weight excluding hydrogens is 264 g/mol. The van der Waals surface area contributed by atoms with Crippen LogP contribution in [0.15, 0.2) is 12.1 Å². The van der Waals surface area contributed by atoms with E-state index in [1.54, 1.807) is 6.07 Å². The minimum Gasteiger partial charge on any atom is -0.369 e. The quantitative estimate of drug-likeness (QED) is 0.928. The fourth-order valence-corrected chi connectivity index (χ4v) is 3.67. The highest BCUT2D eigenvalue weighted by Gasteiger charge is 2.33. The van der Waals surface area contributed by atoms with Crippen molar-refractivity contribution in [3.8, 4) is 0 Å². The van der Waals surface area contributed by atoms with Crippen LogP contribution in [0.4, 0.5) is 5.82 Å². The van der Waals surface area contributed by atoms with E-state index in [0.29, 0.717) is 11.6 Å². The molecule has 1 saturated carbocycles. The van der Waals surface area contributed by atoms with E-state index in [1.165, 1.54) is 25.7 Å². The molecule has 0 aromatic carbocycles. The molecule has 1 saturated heterocycles. The van der Waals surface area contributed by atoms with Gasteiger partial charge in [-0.25, -0.2) is 0 Å². The molecule has 1 aliphatic carbocycles. The Kier molecular flexibility index (Phi) is 4.36. The summed E-state index contributed by atoms with van der Waals surface area (Å²) in [5.74, 6) is 2.30. The minimum absolute atomic E-state index is 0.0366. The van der Waals surface area contributed by atoms with Crippen LogP contribution in [0.25, 0.3) is 0 Å². The first kappa shape index (κ1) is 14.3. The Morgan fingerprint density at radius 3 is 2.76 bits per heavy atom. The standard InChI is InChI=1S/C16H24N4O/c1-2-17-15-8-7-14(18-19-15)16(21)20-10-9-12-5-3-4-6-13(12)11-20/h7-8,12-13H,2-6,9-11H2,1H3,(H,17,19). The summed E-state index contributed by atoms with van der Waals surface area (Å²) in [4.78, 5) is 14.5. The predicted octanol–water partition coefficient (Wildman–Crippen LogP) is 2.56. The molecular formula is C16H24N4O. The van der Waals surface area contributed by atoms with Gasteiger partial charge in [0.2, 0.25) is 0 Å². The van der Waals surface area contributed by atoms with Crippen LogP contribution in [0.1, 0.15) is 49.5 Å². The molecule has 5 nitrogen and oxygen atoms in total. The SMILES string of the molecule is CCNc1ccc(C(=O)N2CCC3CCCCC3C2)nn1. The number of rotatable bonds is 3. The van der Waals surface area contributed by atoms with E-state index in [4.69, 9.17) is 0 Å². The average Bonchev–Trinajstić information content (AvgIpc) is 2.55. The third-order valence-electron chi connectivity index (χ3n) is 4.82. The Bertz CT molecular complexity index is 488. The molecule has 1 aromatic rings. The molecule has 0 spiro atoms. The summed E-state index contributed by atoms with van der Waals surface area (Å²) < 4.78 is 0. The van der Waals surface area contributed by atoms with Crippen molar-refractivity contribution in [2.75, 3.05) is 25.0 Å². The number of carbonyl (C=O) groups is 1. The number of carbonyl (C=O) groups excluding carboxylic acids is 1. The number of nitrogens with one attached hydrogen (secondary N) is 1. The molecule has 3 rings (SSSR count). The van der Waals surface area contributed by atoms with Crippen molar-refractivity contribution in [2.45, 2.75) is 39.0 Å². The first-order valence-corrected chi connectivity index (χ1v) is 8.15. The highest BCUT2D eigenvalue weighted by Crippen LogP contribution is 2.36. The average molecular weight is 288 g/mol. The van der Waals surface area contributed by atoms with Gasteiger partial charge in [-0.05, 0) is 43.7 Å². The Balaban J connectivity index is 1.64. The number of anilines is 1. The molecule has 114 valence electrons.